The van der Waals surface area contributed by atoms with Crippen molar-refractivity contribution in [1.82, 2.24) is 25.1 Å². The Morgan fingerprint density at radius 3 is 1.28 bits per heavy atom. The molecule has 0 aliphatic carbocycles. The largest absolute Gasteiger partial charge is 0.467 e. The number of piperidine rings is 2. The lowest BCUT2D eigenvalue weighted by molar-refractivity contribution is -0.243. The third-order valence-electron chi connectivity index (χ3n) is 6.74. The number of rotatable bonds is 5. The first-order valence-electron chi connectivity index (χ1n) is 11.4. The summed E-state index contributed by atoms with van der Waals surface area (Å²) < 4.78 is 5.33. The van der Waals surface area contributed by atoms with Crippen LogP contribution in [-0.4, -0.2) is 76.8 Å². The van der Waals surface area contributed by atoms with E-state index < -0.39 is 0 Å². The predicted octanol–water partition coefficient (Wildman–Crippen LogP) is 3.53. The van der Waals surface area contributed by atoms with Crippen LogP contribution in [0, 0.1) is 0 Å². The predicted molar refractivity (Wildman–Crippen MR) is 123 cm³/mol. The lowest BCUT2D eigenvalue weighted by atomic mass is 9.79. The second-order valence-corrected chi connectivity index (χ2v) is 11.8. The van der Waals surface area contributed by atoms with Crippen molar-refractivity contribution in [2.45, 2.75) is 115 Å². The van der Waals surface area contributed by atoms with E-state index >= 15 is 0 Å². The fraction of sp³-hybridized carbons (Fsp3) is 0.864. The summed E-state index contributed by atoms with van der Waals surface area (Å²) in [6.07, 6.45) is 2.95. The molecule has 3 rings (SSSR count). The van der Waals surface area contributed by atoms with Gasteiger partial charge in [0, 0.05) is 34.2 Å². The number of hydrogen-bond acceptors (Lipinski definition) is 10. The zero-order valence-corrected chi connectivity index (χ0v) is 21.0. The minimum absolute atomic E-state index is 0.0823. The lowest BCUT2D eigenvalue weighted by Crippen LogP contribution is -2.61. The van der Waals surface area contributed by atoms with E-state index in [-0.39, 0.29) is 40.2 Å². The van der Waals surface area contributed by atoms with E-state index in [9.17, 15) is 10.4 Å². The third kappa shape index (κ3) is 5.08. The summed E-state index contributed by atoms with van der Waals surface area (Å²) in [6, 6.07) is 0.402. The van der Waals surface area contributed by atoms with Crippen LogP contribution in [0.5, 0.6) is 6.01 Å². The number of hydrogen-bond donors (Lipinski definition) is 4. The molecule has 1 aromatic heterocycles. The van der Waals surface area contributed by atoms with Gasteiger partial charge >= 0.3 is 6.01 Å². The fourth-order valence-corrected chi connectivity index (χ4v) is 5.69. The molecule has 0 saturated carbocycles. The van der Waals surface area contributed by atoms with Crippen LogP contribution in [0.25, 0.3) is 0 Å². The Labute approximate surface area is 191 Å². The minimum atomic E-state index is -0.382. The van der Waals surface area contributed by atoms with Gasteiger partial charge in [-0.3, -0.25) is 0 Å². The summed E-state index contributed by atoms with van der Waals surface area (Å²) in [5.74, 6) is 0.890. The summed E-state index contributed by atoms with van der Waals surface area (Å²) in [6.45, 7) is 16.2. The van der Waals surface area contributed by atoms with Gasteiger partial charge in [0.25, 0.3) is 0 Å². The van der Waals surface area contributed by atoms with E-state index in [1.54, 1.807) is 0 Å². The molecule has 2 fully saturated rings. The van der Waals surface area contributed by atoms with Crippen LogP contribution in [0.15, 0.2) is 0 Å². The number of nitrogens with one attached hydrogen (secondary N) is 2. The average molecular weight is 452 g/mol. The highest BCUT2D eigenvalue weighted by Gasteiger charge is 2.46. The topological polar surface area (TPSA) is 119 Å². The molecule has 2 aliphatic rings. The average Bonchev–Trinajstić information content (AvgIpc) is 2.63. The standard InChI is InChI=1S/C22H41N7O3/c1-19(2)10-14(11-20(3,4)28(19)30)23-16-25-17(27-18(26-16)32-9)24-15-12-21(5,6)29(31)22(7,8)13-15/h14-15,30-31H,10-13H2,1-9H3,(H2,23,24,25,26,27). The SMILES string of the molecule is COc1nc(NC2CC(C)(C)N(O)C(C)(C)C2)nc(NC2CC(C)(C)N(O)C(C)(C)C2)n1. The zero-order valence-electron chi connectivity index (χ0n) is 21.0. The summed E-state index contributed by atoms with van der Waals surface area (Å²) in [5, 5.41) is 30.9. The molecule has 0 unspecified atom stereocenters. The van der Waals surface area contributed by atoms with E-state index in [1.807, 2.05) is 55.4 Å². The highest BCUT2D eigenvalue weighted by Crippen LogP contribution is 2.39. The Hall–Kier alpha value is -1.75. The second kappa shape index (κ2) is 8.23. The van der Waals surface area contributed by atoms with E-state index in [2.05, 4.69) is 25.6 Å². The Bertz CT molecular complexity index is 729. The number of aromatic nitrogens is 3. The van der Waals surface area contributed by atoms with Crippen molar-refractivity contribution in [3.63, 3.8) is 0 Å². The van der Waals surface area contributed by atoms with Gasteiger partial charge in [-0.05, 0) is 81.1 Å². The van der Waals surface area contributed by atoms with Crippen LogP contribution in [-0.2, 0) is 0 Å². The maximum Gasteiger partial charge on any atom is 0.322 e. The fourth-order valence-electron chi connectivity index (χ4n) is 5.69. The molecule has 182 valence electrons. The Morgan fingerprint density at radius 1 is 0.688 bits per heavy atom. The van der Waals surface area contributed by atoms with E-state index in [0.717, 1.165) is 25.7 Å². The molecule has 0 amide bonds. The molecule has 2 saturated heterocycles. The van der Waals surface area contributed by atoms with Gasteiger partial charge < -0.3 is 25.8 Å². The molecule has 32 heavy (non-hydrogen) atoms. The molecule has 0 radical (unpaired) electrons. The van der Waals surface area contributed by atoms with Gasteiger partial charge in [-0.15, -0.1) is 0 Å². The number of nitrogens with zero attached hydrogens (tertiary/aromatic N) is 5. The first kappa shape index (κ1) is 24.9. The van der Waals surface area contributed by atoms with Crippen LogP contribution in [0.1, 0.15) is 81.1 Å². The Morgan fingerprint density at radius 2 is 1.00 bits per heavy atom. The highest BCUT2D eigenvalue weighted by molar-refractivity contribution is 5.38. The Kier molecular flexibility index (Phi) is 6.40. The highest BCUT2D eigenvalue weighted by atomic mass is 16.5. The molecular weight excluding hydrogens is 410 g/mol. The molecule has 0 spiro atoms. The van der Waals surface area contributed by atoms with E-state index in [1.165, 1.54) is 17.2 Å². The van der Waals surface area contributed by atoms with Crippen molar-refractivity contribution in [2.75, 3.05) is 17.7 Å². The molecule has 10 heteroatoms. The smallest absolute Gasteiger partial charge is 0.322 e. The molecule has 1 aromatic rings. The normalized spacial score (nSPS) is 26.0. The van der Waals surface area contributed by atoms with Gasteiger partial charge in [0.1, 0.15) is 0 Å². The van der Waals surface area contributed by atoms with E-state index in [4.69, 9.17) is 4.74 Å². The van der Waals surface area contributed by atoms with E-state index in [0.29, 0.717) is 11.9 Å². The minimum Gasteiger partial charge on any atom is -0.467 e. The second-order valence-electron chi connectivity index (χ2n) is 11.8. The first-order chi connectivity index (χ1) is 14.6. The first-order valence-corrected chi connectivity index (χ1v) is 11.4. The van der Waals surface area contributed by atoms with Crippen LogP contribution < -0.4 is 15.4 Å². The summed E-state index contributed by atoms with van der Waals surface area (Å²) in [5.41, 5.74) is -1.53. The zero-order chi connectivity index (χ0) is 24.1. The molecule has 4 N–H and O–H groups in total. The summed E-state index contributed by atoms with van der Waals surface area (Å²) >= 11 is 0. The third-order valence-corrected chi connectivity index (χ3v) is 6.74. The van der Waals surface area contributed by atoms with Crippen molar-refractivity contribution >= 4 is 11.9 Å². The monoisotopic (exact) mass is 451 g/mol. The van der Waals surface area contributed by atoms with Gasteiger partial charge in [0.05, 0.1) is 7.11 Å². The van der Waals surface area contributed by atoms with Crippen molar-refractivity contribution in [3.8, 4) is 6.01 Å². The molecule has 0 bridgehead atoms. The van der Waals surface area contributed by atoms with Crippen LogP contribution in [0.2, 0.25) is 0 Å². The van der Waals surface area contributed by atoms with Gasteiger partial charge in [-0.2, -0.15) is 25.1 Å². The van der Waals surface area contributed by atoms with Crippen molar-refractivity contribution < 1.29 is 15.2 Å². The maximum absolute atomic E-state index is 10.6. The molecule has 0 aromatic carbocycles. The van der Waals surface area contributed by atoms with Gasteiger partial charge in [0.15, 0.2) is 0 Å². The number of methoxy groups -OCH3 is 1. The van der Waals surface area contributed by atoms with Gasteiger partial charge in [0.2, 0.25) is 11.9 Å². The summed E-state index contributed by atoms with van der Waals surface area (Å²) in [7, 11) is 1.54. The molecule has 10 nitrogen and oxygen atoms in total. The number of ether oxygens (including phenoxy) is 1. The number of hydroxylamine groups is 4. The molecule has 3 heterocycles. The lowest BCUT2D eigenvalue weighted by Gasteiger charge is -2.51. The van der Waals surface area contributed by atoms with Gasteiger partial charge in [-0.25, -0.2) is 0 Å². The molecular formula is C22H41N7O3. The molecule has 2 aliphatic heterocycles. The van der Waals surface area contributed by atoms with Gasteiger partial charge in [-0.1, -0.05) is 0 Å². The number of anilines is 2. The van der Waals surface area contributed by atoms with Crippen LogP contribution in [0.3, 0.4) is 0 Å². The molecule has 0 atom stereocenters. The van der Waals surface area contributed by atoms with Crippen molar-refractivity contribution in [2.24, 2.45) is 0 Å². The Balaban J connectivity index is 1.79. The quantitative estimate of drug-likeness (QED) is 0.529. The maximum atomic E-state index is 10.6. The van der Waals surface area contributed by atoms with Crippen molar-refractivity contribution in [1.29, 1.82) is 0 Å². The van der Waals surface area contributed by atoms with Crippen molar-refractivity contribution in [3.05, 3.63) is 0 Å². The van der Waals surface area contributed by atoms with Crippen LogP contribution in [0.4, 0.5) is 11.9 Å². The van der Waals surface area contributed by atoms with Crippen LogP contribution >= 0.6 is 0 Å². The summed E-state index contributed by atoms with van der Waals surface area (Å²) in [4.78, 5) is 13.4.